The van der Waals surface area contributed by atoms with E-state index >= 15 is 0 Å². The van der Waals surface area contributed by atoms with Crippen LogP contribution in [0.4, 0.5) is 0 Å². The largest absolute Gasteiger partial charge is 0.492 e. The smallest absolute Gasteiger partial charge is 0.273 e. The number of halogens is 1. The van der Waals surface area contributed by atoms with Crippen molar-refractivity contribution in [1.82, 2.24) is 15.5 Å². The van der Waals surface area contributed by atoms with Gasteiger partial charge >= 0.3 is 0 Å². The Kier molecular flexibility index (Phi) is 5.82. The minimum Gasteiger partial charge on any atom is -0.492 e. The van der Waals surface area contributed by atoms with Gasteiger partial charge < -0.3 is 10.1 Å². The zero-order valence-corrected chi connectivity index (χ0v) is 15.5. The molecule has 1 amide bonds. The Morgan fingerprint density at radius 1 is 1.30 bits per heavy atom. The van der Waals surface area contributed by atoms with Gasteiger partial charge in [-0.25, -0.2) is 0 Å². The molecule has 0 spiro atoms. The van der Waals surface area contributed by atoms with Crippen LogP contribution in [-0.4, -0.2) is 29.3 Å². The van der Waals surface area contributed by atoms with Crippen molar-refractivity contribution in [2.24, 2.45) is 0 Å². The van der Waals surface area contributed by atoms with E-state index in [1.807, 2.05) is 39.8 Å². The van der Waals surface area contributed by atoms with Crippen LogP contribution in [0.1, 0.15) is 47.1 Å². The number of aromatic amines is 1. The van der Waals surface area contributed by atoms with Crippen LogP contribution in [0.2, 0.25) is 0 Å². The maximum atomic E-state index is 12.1. The lowest BCUT2D eigenvalue weighted by molar-refractivity contribution is 0.0941. The molecule has 0 radical (unpaired) electrons. The third kappa shape index (κ3) is 4.58. The fourth-order valence-corrected chi connectivity index (χ4v) is 3.12. The molecule has 5 nitrogen and oxygen atoms in total. The first kappa shape index (κ1) is 17.5. The maximum absolute atomic E-state index is 12.1. The lowest BCUT2D eigenvalue weighted by atomic mass is 10.1. The number of carbonyl (C=O) groups excluding carboxylic acids is 1. The van der Waals surface area contributed by atoms with Gasteiger partial charge in [-0.15, -0.1) is 0 Å². The molecule has 0 aliphatic heterocycles. The van der Waals surface area contributed by atoms with Gasteiger partial charge in [0.2, 0.25) is 0 Å². The number of H-pyrrole nitrogens is 1. The molecule has 0 fully saturated rings. The van der Waals surface area contributed by atoms with Gasteiger partial charge in [0.15, 0.2) is 5.69 Å². The molecule has 2 rings (SSSR count). The van der Waals surface area contributed by atoms with E-state index in [0.29, 0.717) is 18.8 Å². The van der Waals surface area contributed by atoms with Gasteiger partial charge in [-0.1, -0.05) is 19.9 Å². The highest BCUT2D eigenvalue weighted by Crippen LogP contribution is 2.25. The minimum atomic E-state index is -0.218. The Hall–Kier alpha value is -1.82. The molecule has 0 bridgehead atoms. The summed E-state index contributed by atoms with van der Waals surface area (Å²) in [4.78, 5) is 12.1. The van der Waals surface area contributed by atoms with Crippen molar-refractivity contribution < 1.29 is 9.53 Å². The maximum Gasteiger partial charge on any atom is 0.273 e. The normalized spacial score (nSPS) is 10.9. The second-order valence-electron chi connectivity index (χ2n) is 5.88. The highest BCUT2D eigenvalue weighted by molar-refractivity contribution is 9.10. The number of aromatic nitrogens is 2. The minimum absolute atomic E-state index is 0.218. The molecule has 2 aromatic rings. The number of hydrogen-bond acceptors (Lipinski definition) is 3. The van der Waals surface area contributed by atoms with E-state index in [4.69, 9.17) is 4.74 Å². The highest BCUT2D eigenvalue weighted by atomic mass is 79.9. The summed E-state index contributed by atoms with van der Waals surface area (Å²) >= 11 is 3.43. The van der Waals surface area contributed by atoms with Crippen LogP contribution in [0, 0.1) is 13.8 Å². The first-order chi connectivity index (χ1) is 10.9. The molecule has 23 heavy (non-hydrogen) atoms. The van der Waals surface area contributed by atoms with Gasteiger partial charge in [0.25, 0.3) is 5.91 Å². The zero-order chi connectivity index (χ0) is 17.0. The van der Waals surface area contributed by atoms with Crippen LogP contribution >= 0.6 is 15.9 Å². The predicted molar refractivity (Wildman–Crippen MR) is 94.1 cm³/mol. The number of rotatable bonds is 6. The summed E-state index contributed by atoms with van der Waals surface area (Å²) in [5.41, 5.74) is 3.61. The summed E-state index contributed by atoms with van der Waals surface area (Å²) in [6.07, 6.45) is 0. The van der Waals surface area contributed by atoms with Crippen molar-refractivity contribution >= 4 is 21.8 Å². The third-order valence-corrected chi connectivity index (χ3v) is 4.18. The van der Waals surface area contributed by atoms with Crippen LogP contribution < -0.4 is 10.1 Å². The number of benzene rings is 1. The monoisotopic (exact) mass is 379 g/mol. The lowest BCUT2D eigenvalue weighted by Gasteiger charge is -2.09. The Bertz CT molecular complexity index is 675. The molecule has 1 heterocycles. The van der Waals surface area contributed by atoms with E-state index in [9.17, 15) is 4.79 Å². The van der Waals surface area contributed by atoms with Gasteiger partial charge in [0.05, 0.1) is 16.7 Å². The molecule has 0 atom stereocenters. The van der Waals surface area contributed by atoms with Crippen LogP contribution in [0.3, 0.4) is 0 Å². The number of nitrogens with zero attached hydrogens (tertiary/aromatic N) is 1. The van der Waals surface area contributed by atoms with E-state index in [2.05, 4.69) is 37.5 Å². The van der Waals surface area contributed by atoms with E-state index in [1.54, 1.807) is 0 Å². The molecule has 1 aromatic heterocycles. The Balaban J connectivity index is 1.85. The quantitative estimate of drug-likeness (QED) is 0.751. The molecular formula is C17H22BrN3O2. The van der Waals surface area contributed by atoms with Crippen molar-refractivity contribution in [2.45, 2.75) is 33.6 Å². The topological polar surface area (TPSA) is 67.0 Å². The molecule has 0 aliphatic rings. The van der Waals surface area contributed by atoms with Gasteiger partial charge in [-0.2, -0.15) is 5.10 Å². The van der Waals surface area contributed by atoms with E-state index in [0.717, 1.165) is 27.0 Å². The van der Waals surface area contributed by atoms with Gasteiger partial charge in [-0.3, -0.25) is 9.89 Å². The fraction of sp³-hybridized carbons (Fsp3) is 0.412. The van der Waals surface area contributed by atoms with Gasteiger partial charge in [0, 0.05) is 0 Å². The summed E-state index contributed by atoms with van der Waals surface area (Å²) in [5.74, 6) is 0.871. The number of ether oxygens (including phenoxy) is 1. The van der Waals surface area contributed by atoms with Crippen molar-refractivity contribution in [3.05, 3.63) is 45.2 Å². The summed E-state index contributed by atoms with van der Waals surface area (Å²) in [6.45, 7) is 8.97. The van der Waals surface area contributed by atoms with Crippen molar-refractivity contribution in [2.75, 3.05) is 13.2 Å². The number of hydrogen-bond donors (Lipinski definition) is 2. The number of aryl methyl sites for hydroxylation is 2. The van der Waals surface area contributed by atoms with Crippen molar-refractivity contribution in [3.8, 4) is 5.75 Å². The second kappa shape index (κ2) is 7.64. The Labute approximate surface area is 144 Å². The Morgan fingerprint density at radius 3 is 2.52 bits per heavy atom. The summed E-state index contributed by atoms with van der Waals surface area (Å²) in [5, 5.41) is 9.78. The standard InChI is InChI=1S/C17H22BrN3O2/c1-10(2)15-14(18)16(21-20-15)17(22)19-5-6-23-13-8-11(3)7-12(4)9-13/h7-10H,5-6H2,1-4H3,(H,19,22)(H,20,21). The van der Waals surface area contributed by atoms with Crippen LogP contribution in [0.5, 0.6) is 5.75 Å². The van der Waals surface area contributed by atoms with Crippen molar-refractivity contribution in [3.63, 3.8) is 0 Å². The number of amides is 1. The second-order valence-corrected chi connectivity index (χ2v) is 6.68. The van der Waals surface area contributed by atoms with Crippen molar-refractivity contribution in [1.29, 1.82) is 0 Å². The fourth-order valence-electron chi connectivity index (χ4n) is 2.31. The van der Waals surface area contributed by atoms with E-state index < -0.39 is 0 Å². The molecule has 1 aromatic carbocycles. The molecule has 124 valence electrons. The van der Waals surface area contributed by atoms with Crippen LogP contribution in [0.15, 0.2) is 22.7 Å². The molecule has 0 saturated heterocycles. The summed E-state index contributed by atoms with van der Waals surface area (Å²) < 4.78 is 6.40. The van der Waals surface area contributed by atoms with E-state index in [1.165, 1.54) is 0 Å². The van der Waals surface area contributed by atoms with Gasteiger partial charge in [0.1, 0.15) is 12.4 Å². The molecule has 6 heteroatoms. The SMILES string of the molecule is Cc1cc(C)cc(OCCNC(=O)c2n[nH]c(C(C)C)c2Br)c1. The third-order valence-electron chi connectivity index (χ3n) is 3.38. The first-order valence-corrected chi connectivity index (χ1v) is 8.41. The molecular weight excluding hydrogens is 358 g/mol. The predicted octanol–water partition coefficient (Wildman–Crippen LogP) is 3.72. The molecule has 0 unspecified atom stereocenters. The lowest BCUT2D eigenvalue weighted by Crippen LogP contribution is -2.28. The first-order valence-electron chi connectivity index (χ1n) is 7.61. The number of carbonyl (C=O) groups is 1. The number of nitrogens with one attached hydrogen (secondary N) is 2. The average molecular weight is 380 g/mol. The molecule has 2 N–H and O–H groups in total. The molecule has 0 aliphatic carbocycles. The summed E-state index contributed by atoms with van der Waals surface area (Å²) in [7, 11) is 0. The highest BCUT2D eigenvalue weighted by Gasteiger charge is 2.18. The van der Waals surface area contributed by atoms with Crippen LogP contribution in [-0.2, 0) is 0 Å². The summed E-state index contributed by atoms with van der Waals surface area (Å²) in [6, 6.07) is 6.05. The molecule has 0 saturated carbocycles. The zero-order valence-electron chi connectivity index (χ0n) is 13.9. The van der Waals surface area contributed by atoms with Crippen LogP contribution in [0.25, 0.3) is 0 Å². The van der Waals surface area contributed by atoms with Gasteiger partial charge in [-0.05, 0) is 59.0 Å². The average Bonchev–Trinajstić information content (AvgIpc) is 2.84. The Morgan fingerprint density at radius 2 is 1.96 bits per heavy atom. The van der Waals surface area contributed by atoms with E-state index in [-0.39, 0.29) is 11.8 Å².